The highest BCUT2D eigenvalue weighted by atomic mass is 16.5. The number of rotatable bonds is 5. The molecule has 3 rings (SSSR count). The Morgan fingerprint density at radius 2 is 2.32 bits per heavy atom. The van der Waals surface area contributed by atoms with Crippen LogP contribution in [0.1, 0.15) is 48.2 Å². The number of hydrogen-bond donors (Lipinski definition) is 1. The van der Waals surface area contributed by atoms with Crippen molar-refractivity contribution in [1.82, 2.24) is 4.98 Å². The second kappa shape index (κ2) is 5.03. The summed E-state index contributed by atoms with van der Waals surface area (Å²) in [5.74, 6) is -0.0292. The first kappa shape index (κ1) is 12.2. The maximum absolute atomic E-state index is 11.2. The van der Waals surface area contributed by atoms with Gasteiger partial charge in [-0.25, -0.2) is 9.78 Å². The fourth-order valence-electron chi connectivity index (χ4n) is 2.32. The van der Waals surface area contributed by atoms with Gasteiger partial charge in [0.2, 0.25) is 0 Å². The zero-order valence-corrected chi connectivity index (χ0v) is 10.8. The molecule has 0 bridgehead atoms. The van der Waals surface area contributed by atoms with E-state index in [4.69, 9.17) is 9.84 Å². The lowest BCUT2D eigenvalue weighted by Gasteiger charge is -2.10. The van der Waals surface area contributed by atoms with Crippen molar-refractivity contribution >= 4 is 11.5 Å². The van der Waals surface area contributed by atoms with Crippen molar-refractivity contribution in [2.45, 2.75) is 32.1 Å². The fourth-order valence-corrected chi connectivity index (χ4v) is 2.32. The van der Waals surface area contributed by atoms with Crippen LogP contribution in [0.5, 0.6) is 5.75 Å². The number of allylic oxidation sites excluding steroid dienone is 2. The highest BCUT2D eigenvalue weighted by Crippen LogP contribution is 2.33. The summed E-state index contributed by atoms with van der Waals surface area (Å²) in [6.45, 7) is 0.602. The lowest BCUT2D eigenvalue weighted by Crippen LogP contribution is -2.08. The first-order valence-electron chi connectivity index (χ1n) is 6.79. The maximum atomic E-state index is 11.2. The summed E-state index contributed by atoms with van der Waals surface area (Å²) >= 11 is 0. The van der Waals surface area contributed by atoms with Crippen molar-refractivity contribution < 1.29 is 14.6 Å². The Bertz CT molecular complexity index is 532. The smallest absolute Gasteiger partial charge is 0.358 e. The van der Waals surface area contributed by atoms with E-state index in [-0.39, 0.29) is 5.69 Å². The van der Waals surface area contributed by atoms with Crippen LogP contribution in [-0.4, -0.2) is 22.7 Å². The van der Waals surface area contributed by atoms with Crippen molar-refractivity contribution in [3.8, 4) is 5.75 Å². The number of carboxylic acid groups (broad SMARTS) is 1. The highest BCUT2D eigenvalue weighted by Gasteiger charge is 2.24. The summed E-state index contributed by atoms with van der Waals surface area (Å²) in [7, 11) is 0. The molecular weight excluding hydrogens is 242 g/mol. The van der Waals surface area contributed by atoms with E-state index in [2.05, 4.69) is 11.1 Å². The van der Waals surface area contributed by atoms with Crippen LogP contribution in [0.4, 0.5) is 0 Å². The standard InChI is InChI=1S/C15H17NO3/c17-15(18)14-13(19-9-10-5-6-10)7-12(8-16-14)11-3-1-2-4-11/h3,7-8,10H,1-2,4-6,9H2,(H,17,18). The van der Waals surface area contributed by atoms with Crippen LogP contribution in [0.2, 0.25) is 0 Å². The van der Waals surface area contributed by atoms with Gasteiger partial charge in [-0.3, -0.25) is 0 Å². The van der Waals surface area contributed by atoms with Gasteiger partial charge in [0.25, 0.3) is 0 Å². The van der Waals surface area contributed by atoms with Gasteiger partial charge in [0.1, 0.15) is 0 Å². The molecule has 0 unspecified atom stereocenters. The molecule has 0 aliphatic heterocycles. The molecule has 19 heavy (non-hydrogen) atoms. The predicted molar refractivity (Wildman–Crippen MR) is 71.2 cm³/mol. The van der Waals surface area contributed by atoms with E-state index in [1.54, 1.807) is 6.20 Å². The molecule has 2 aliphatic carbocycles. The second-order valence-electron chi connectivity index (χ2n) is 5.25. The van der Waals surface area contributed by atoms with Crippen LogP contribution in [0, 0.1) is 5.92 Å². The summed E-state index contributed by atoms with van der Waals surface area (Å²) in [5.41, 5.74) is 2.26. The van der Waals surface area contributed by atoms with Crippen molar-refractivity contribution in [2.24, 2.45) is 5.92 Å². The maximum Gasteiger partial charge on any atom is 0.358 e. The van der Waals surface area contributed by atoms with Crippen molar-refractivity contribution in [3.63, 3.8) is 0 Å². The third-order valence-electron chi connectivity index (χ3n) is 3.64. The van der Waals surface area contributed by atoms with Gasteiger partial charge in [-0.1, -0.05) is 6.08 Å². The first-order valence-corrected chi connectivity index (χ1v) is 6.79. The molecule has 0 atom stereocenters. The van der Waals surface area contributed by atoms with Crippen LogP contribution in [0.25, 0.3) is 5.57 Å². The van der Waals surface area contributed by atoms with Crippen LogP contribution in [-0.2, 0) is 0 Å². The molecule has 0 saturated heterocycles. The van der Waals surface area contributed by atoms with Gasteiger partial charge in [0.15, 0.2) is 11.4 Å². The van der Waals surface area contributed by atoms with E-state index in [1.807, 2.05) is 6.07 Å². The molecule has 4 heteroatoms. The summed E-state index contributed by atoms with van der Waals surface area (Å²) in [5, 5.41) is 9.15. The molecule has 1 aromatic heterocycles. The molecule has 100 valence electrons. The SMILES string of the molecule is O=C(O)c1ncc(C2=CCCC2)cc1OCC1CC1. The molecule has 1 aromatic rings. The normalized spacial score (nSPS) is 18.2. The van der Waals surface area contributed by atoms with Crippen molar-refractivity contribution in [2.75, 3.05) is 6.61 Å². The van der Waals surface area contributed by atoms with Crippen molar-refractivity contribution in [3.05, 3.63) is 29.6 Å². The lowest BCUT2D eigenvalue weighted by molar-refractivity contribution is 0.0685. The Balaban J connectivity index is 1.86. The lowest BCUT2D eigenvalue weighted by atomic mass is 10.1. The first-order chi connectivity index (χ1) is 9.24. The van der Waals surface area contributed by atoms with Gasteiger partial charge in [-0.2, -0.15) is 0 Å². The highest BCUT2D eigenvalue weighted by molar-refractivity contribution is 5.89. The number of aromatic nitrogens is 1. The van der Waals surface area contributed by atoms with Gasteiger partial charge in [-0.15, -0.1) is 0 Å². The fraction of sp³-hybridized carbons (Fsp3) is 0.467. The van der Waals surface area contributed by atoms with E-state index >= 15 is 0 Å². The minimum Gasteiger partial charge on any atom is -0.491 e. The summed E-state index contributed by atoms with van der Waals surface area (Å²) in [6, 6.07) is 1.83. The van der Waals surface area contributed by atoms with Gasteiger partial charge >= 0.3 is 5.97 Å². The summed E-state index contributed by atoms with van der Waals surface area (Å²) in [6.07, 6.45) is 9.49. The van der Waals surface area contributed by atoms with Crippen LogP contribution in [0.3, 0.4) is 0 Å². The molecule has 2 aliphatic rings. The molecule has 0 spiro atoms. The molecule has 4 nitrogen and oxygen atoms in total. The quantitative estimate of drug-likeness (QED) is 0.882. The van der Waals surface area contributed by atoms with E-state index < -0.39 is 5.97 Å². The topological polar surface area (TPSA) is 59.4 Å². The zero-order valence-electron chi connectivity index (χ0n) is 10.8. The van der Waals surface area contributed by atoms with Gasteiger partial charge in [-0.05, 0) is 55.2 Å². The molecular formula is C15H17NO3. The molecule has 0 amide bonds. The molecule has 0 aromatic carbocycles. The number of pyridine rings is 1. The molecule has 1 heterocycles. The number of carboxylic acids is 1. The third-order valence-corrected chi connectivity index (χ3v) is 3.64. The largest absolute Gasteiger partial charge is 0.491 e. The average Bonchev–Trinajstić information content (AvgIpc) is 3.07. The van der Waals surface area contributed by atoms with E-state index in [1.165, 1.54) is 18.4 Å². The van der Waals surface area contributed by atoms with Gasteiger partial charge in [0, 0.05) is 6.20 Å². The Morgan fingerprint density at radius 1 is 1.47 bits per heavy atom. The van der Waals surface area contributed by atoms with Crippen molar-refractivity contribution in [1.29, 1.82) is 0 Å². The minimum absolute atomic E-state index is 0.0167. The zero-order chi connectivity index (χ0) is 13.2. The average molecular weight is 259 g/mol. The number of carbonyl (C=O) groups is 1. The predicted octanol–water partition coefficient (Wildman–Crippen LogP) is 3.14. The van der Waals surface area contributed by atoms with E-state index in [9.17, 15) is 4.79 Å². The Labute approximate surface area is 112 Å². The number of hydrogen-bond acceptors (Lipinski definition) is 3. The second-order valence-corrected chi connectivity index (χ2v) is 5.25. The van der Waals surface area contributed by atoms with E-state index in [0.29, 0.717) is 18.3 Å². The minimum atomic E-state index is -1.03. The van der Waals surface area contributed by atoms with E-state index in [0.717, 1.165) is 24.8 Å². The Morgan fingerprint density at radius 3 is 2.95 bits per heavy atom. The van der Waals surface area contributed by atoms with Crippen LogP contribution in [0.15, 0.2) is 18.3 Å². The molecule has 1 fully saturated rings. The van der Waals surface area contributed by atoms with Crippen LogP contribution < -0.4 is 4.74 Å². The molecule has 1 N–H and O–H groups in total. The number of aromatic carboxylic acids is 1. The summed E-state index contributed by atoms with van der Waals surface area (Å²) in [4.78, 5) is 15.2. The molecule has 1 saturated carbocycles. The van der Waals surface area contributed by atoms with Gasteiger partial charge in [0.05, 0.1) is 6.61 Å². The van der Waals surface area contributed by atoms with Crippen LogP contribution >= 0.6 is 0 Å². The number of ether oxygens (including phenoxy) is 1. The Kier molecular flexibility index (Phi) is 3.23. The third kappa shape index (κ3) is 2.78. The molecule has 0 radical (unpaired) electrons. The Hall–Kier alpha value is -1.84. The number of nitrogens with zero attached hydrogens (tertiary/aromatic N) is 1. The van der Waals surface area contributed by atoms with Gasteiger partial charge < -0.3 is 9.84 Å². The summed E-state index contributed by atoms with van der Waals surface area (Å²) < 4.78 is 5.65. The monoisotopic (exact) mass is 259 g/mol.